The summed E-state index contributed by atoms with van der Waals surface area (Å²) in [6.45, 7) is 11.3. The molecule has 38 heavy (non-hydrogen) atoms. The summed E-state index contributed by atoms with van der Waals surface area (Å²) in [4.78, 5) is 28.9. The van der Waals surface area contributed by atoms with Crippen LogP contribution >= 0.6 is 0 Å². The minimum Gasteiger partial charge on any atom is -1.00 e. The molecule has 216 valence electrons. The number of Topliss-reactive ketones (excluding diaryl/α,β-unsaturated/α-hetero) is 1. The molecule has 0 unspecified atom stereocenters. The number of nitrogens with zero attached hydrogens (tertiary/aromatic N) is 2. The van der Waals surface area contributed by atoms with Gasteiger partial charge in [-0.05, 0) is 113 Å². The van der Waals surface area contributed by atoms with Crippen LogP contribution in [0.3, 0.4) is 0 Å². The molecule has 0 amide bonds. The third-order valence-corrected chi connectivity index (χ3v) is 13.2. The van der Waals surface area contributed by atoms with Crippen molar-refractivity contribution in [1.82, 2.24) is 4.90 Å². The molecule has 0 bridgehead atoms. The molecule has 2 aliphatic heterocycles. The molecule has 0 radical (unpaired) electrons. The summed E-state index contributed by atoms with van der Waals surface area (Å²) in [5.74, 6) is 3.13. The fourth-order valence-corrected chi connectivity index (χ4v) is 11.1. The van der Waals surface area contributed by atoms with Crippen LogP contribution in [0.25, 0.3) is 0 Å². The number of hydrogen-bond acceptors (Lipinski definition) is 4. The van der Waals surface area contributed by atoms with E-state index in [4.69, 9.17) is 4.74 Å². The van der Waals surface area contributed by atoms with E-state index in [1.807, 2.05) is 0 Å². The van der Waals surface area contributed by atoms with E-state index in [0.717, 1.165) is 36.8 Å². The van der Waals surface area contributed by atoms with E-state index in [0.29, 0.717) is 40.9 Å². The summed E-state index contributed by atoms with van der Waals surface area (Å²) < 4.78 is 7.07. The Balaban J connectivity index is 0.00000294. The smallest absolute Gasteiger partial charge is 0.302 e. The van der Waals surface area contributed by atoms with Gasteiger partial charge < -0.3 is 26.2 Å². The van der Waals surface area contributed by atoms with E-state index in [1.54, 1.807) is 6.92 Å². The number of carbonyl (C=O) groups is 2. The van der Waals surface area contributed by atoms with Crippen molar-refractivity contribution in [3.63, 3.8) is 0 Å². The Kier molecular flexibility index (Phi) is 8.21. The van der Waals surface area contributed by atoms with Crippen molar-refractivity contribution in [2.75, 3.05) is 33.2 Å². The van der Waals surface area contributed by atoms with Gasteiger partial charge >= 0.3 is 5.97 Å². The quantitative estimate of drug-likeness (QED) is 0.373. The zero-order valence-corrected chi connectivity index (χ0v) is 26.1. The predicted octanol–water partition coefficient (Wildman–Crippen LogP) is 2.61. The highest BCUT2D eigenvalue weighted by Gasteiger charge is 2.66. The molecular formula is C32H53BrN2O3. The summed E-state index contributed by atoms with van der Waals surface area (Å²) in [6, 6.07) is 0.605. The maximum atomic E-state index is 14.1. The number of hydrogen-bond donors (Lipinski definition) is 0. The molecule has 2 saturated heterocycles. The van der Waals surface area contributed by atoms with Gasteiger partial charge in [0.15, 0.2) is 5.78 Å². The Morgan fingerprint density at radius 2 is 1.63 bits per heavy atom. The van der Waals surface area contributed by atoms with Gasteiger partial charge in [0.2, 0.25) is 0 Å². The number of likely N-dealkylation sites (tertiary alicyclic amines) is 2. The average Bonchev–Trinajstić information content (AvgIpc) is 3.16. The number of esters is 1. The van der Waals surface area contributed by atoms with E-state index in [-0.39, 0.29) is 40.5 Å². The number of ether oxygens (including phenoxy) is 1. The summed E-state index contributed by atoms with van der Waals surface area (Å²) in [5, 5.41) is 0. The number of rotatable bonds is 3. The van der Waals surface area contributed by atoms with Crippen LogP contribution in [0.2, 0.25) is 0 Å². The summed E-state index contributed by atoms with van der Waals surface area (Å²) in [6.07, 6.45) is 16.0. The van der Waals surface area contributed by atoms with E-state index in [2.05, 4.69) is 25.8 Å². The SMILES string of the molecule is CC(=O)O[C@H]1C[C@@H]2CC[C@@H]3[C@H](CC[C@]4(C)C(=O)[C@@H]([N+]5(C)CCCCC5)C[C@@H]34)[C@@]2(C)C[C@@H]1N1CCCCC1.[Br-]. The molecule has 6 heteroatoms. The summed E-state index contributed by atoms with van der Waals surface area (Å²) in [5.41, 5.74) is 0.197. The van der Waals surface area contributed by atoms with Crippen molar-refractivity contribution in [1.29, 1.82) is 0 Å². The lowest BCUT2D eigenvalue weighted by molar-refractivity contribution is -0.928. The van der Waals surface area contributed by atoms with Crippen LogP contribution < -0.4 is 17.0 Å². The number of carbonyl (C=O) groups excluding carboxylic acids is 2. The molecule has 0 aromatic heterocycles. The van der Waals surface area contributed by atoms with Crippen LogP contribution in [0, 0.1) is 34.5 Å². The third-order valence-electron chi connectivity index (χ3n) is 13.2. The number of likely N-dealkylation sites (N-methyl/N-ethyl adjacent to an activating group) is 1. The summed E-state index contributed by atoms with van der Waals surface area (Å²) >= 11 is 0. The van der Waals surface area contributed by atoms with Crippen LogP contribution in [-0.2, 0) is 14.3 Å². The Morgan fingerprint density at radius 3 is 2.32 bits per heavy atom. The van der Waals surface area contributed by atoms with E-state index >= 15 is 0 Å². The second-order valence-corrected chi connectivity index (χ2v) is 15.0. The van der Waals surface area contributed by atoms with Crippen LogP contribution in [0.5, 0.6) is 0 Å². The van der Waals surface area contributed by atoms with Crippen molar-refractivity contribution in [2.24, 2.45) is 34.5 Å². The molecule has 4 saturated carbocycles. The zero-order valence-electron chi connectivity index (χ0n) is 24.6. The van der Waals surface area contributed by atoms with Gasteiger partial charge in [0.05, 0.1) is 20.1 Å². The zero-order chi connectivity index (χ0) is 26.0. The van der Waals surface area contributed by atoms with E-state index < -0.39 is 0 Å². The highest BCUT2D eigenvalue weighted by Crippen LogP contribution is 2.66. The molecule has 9 atom stereocenters. The second-order valence-electron chi connectivity index (χ2n) is 15.0. The Bertz CT molecular complexity index is 899. The largest absolute Gasteiger partial charge is 1.00 e. The highest BCUT2D eigenvalue weighted by molar-refractivity contribution is 5.91. The summed E-state index contributed by atoms with van der Waals surface area (Å²) in [7, 11) is 2.40. The predicted molar refractivity (Wildman–Crippen MR) is 146 cm³/mol. The van der Waals surface area contributed by atoms with Crippen molar-refractivity contribution in [3.05, 3.63) is 0 Å². The first kappa shape index (κ1) is 29.0. The molecule has 0 aromatic carbocycles. The lowest BCUT2D eigenvalue weighted by Crippen LogP contribution is -3.00. The Labute approximate surface area is 242 Å². The lowest BCUT2D eigenvalue weighted by atomic mass is 9.44. The normalized spacial score (nSPS) is 46.7. The second kappa shape index (κ2) is 10.7. The molecule has 6 aliphatic rings. The maximum absolute atomic E-state index is 14.1. The number of fused-ring (bicyclic) bond motifs is 5. The van der Waals surface area contributed by atoms with Gasteiger partial charge in [-0.1, -0.05) is 20.3 Å². The highest BCUT2D eigenvalue weighted by atomic mass is 79.9. The van der Waals surface area contributed by atoms with Crippen molar-refractivity contribution in [3.8, 4) is 0 Å². The lowest BCUT2D eigenvalue weighted by Gasteiger charge is -2.62. The molecule has 2 heterocycles. The molecule has 4 aliphatic carbocycles. The van der Waals surface area contributed by atoms with Gasteiger partial charge in [-0.25, -0.2) is 0 Å². The van der Waals surface area contributed by atoms with Gasteiger partial charge in [-0.15, -0.1) is 0 Å². The van der Waals surface area contributed by atoms with Gasteiger partial charge in [-0.3, -0.25) is 14.5 Å². The topological polar surface area (TPSA) is 46.6 Å². The standard InChI is InChI=1S/C32H53N2O3.BrH/c1-22(35)37-29-19-23-11-12-24-25(32(23,3)21-27(29)33-15-7-5-8-16-33)13-14-31(2)26(24)20-28(30(31)36)34(4)17-9-6-10-18-34;/h23-29H,5-21H2,1-4H3;1H/q+1;/p-1/t23-,24+,25-,26-,27-,28-,29-,31-,32-;/m0./s1. The van der Waals surface area contributed by atoms with Gasteiger partial charge in [0.1, 0.15) is 12.1 Å². The number of piperidine rings is 2. The minimum atomic E-state index is -0.109. The first-order chi connectivity index (χ1) is 17.7. The number of ketones is 1. The van der Waals surface area contributed by atoms with Crippen LogP contribution in [-0.4, -0.2) is 72.5 Å². The van der Waals surface area contributed by atoms with E-state index in [1.165, 1.54) is 77.3 Å². The monoisotopic (exact) mass is 592 g/mol. The number of quaternary nitrogens is 1. The van der Waals surface area contributed by atoms with Crippen LogP contribution in [0.4, 0.5) is 0 Å². The van der Waals surface area contributed by atoms with Crippen molar-refractivity contribution < 1.29 is 35.8 Å². The minimum absolute atomic E-state index is 0. The molecule has 0 spiro atoms. The van der Waals surface area contributed by atoms with Crippen LogP contribution in [0.15, 0.2) is 0 Å². The van der Waals surface area contributed by atoms with E-state index in [9.17, 15) is 9.59 Å². The molecule has 0 aromatic rings. The van der Waals surface area contributed by atoms with Crippen molar-refractivity contribution in [2.45, 2.75) is 122 Å². The first-order valence-electron chi connectivity index (χ1n) is 16.0. The fourth-order valence-electron chi connectivity index (χ4n) is 11.1. The molecule has 5 nitrogen and oxygen atoms in total. The Hall–Kier alpha value is -0.460. The Morgan fingerprint density at radius 1 is 0.947 bits per heavy atom. The van der Waals surface area contributed by atoms with Crippen molar-refractivity contribution >= 4 is 11.8 Å². The number of halogens is 1. The molecular weight excluding hydrogens is 540 g/mol. The van der Waals surface area contributed by atoms with Gasteiger partial charge in [0.25, 0.3) is 0 Å². The fraction of sp³-hybridized carbons (Fsp3) is 0.938. The van der Waals surface area contributed by atoms with Gasteiger partial charge in [-0.2, -0.15) is 0 Å². The molecule has 6 rings (SSSR count). The molecule has 6 fully saturated rings. The maximum Gasteiger partial charge on any atom is 0.302 e. The first-order valence-corrected chi connectivity index (χ1v) is 16.0. The average molecular weight is 594 g/mol. The third kappa shape index (κ3) is 4.65. The molecule has 0 N–H and O–H groups in total. The van der Waals surface area contributed by atoms with Gasteiger partial charge in [0, 0.05) is 24.8 Å². The van der Waals surface area contributed by atoms with Crippen LogP contribution in [0.1, 0.15) is 104 Å².